The van der Waals surface area contributed by atoms with Crippen molar-refractivity contribution in [2.75, 3.05) is 13.1 Å². The van der Waals surface area contributed by atoms with Crippen LogP contribution in [0.3, 0.4) is 0 Å². The smallest absolute Gasteiger partial charge is 0.328 e. The highest BCUT2D eigenvalue weighted by atomic mass is 16.4. The number of aliphatic hydroxyl groups is 1. The number of rotatable bonds is 9. The zero-order chi connectivity index (χ0) is 20.7. The molecule has 1 saturated heterocycles. The second-order valence-electron chi connectivity index (χ2n) is 6.89. The van der Waals surface area contributed by atoms with Gasteiger partial charge in [0.1, 0.15) is 12.1 Å². The third kappa shape index (κ3) is 5.90. The van der Waals surface area contributed by atoms with Crippen molar-refractivity contribution < 1.29 is 29.4 Å². The van der Waals surface area contributed by atoms with Gasteiger partial charge in [0.25, 0.3) is 0 Å². The van der Waals surface area contributed by atoms with Crippen LogP contribution in [-0.2, 0) is 19.2 Å². The van der Waals surface area contributed by atoms with Crippen molar-refractivity contribution in [2.24, 2.45) is 11.7 Å². The maximum atomic E-state index is 13.0. The molecule has 3 amide bonds. The molecule has 0 aromatic heterocycles. The maximum Gasteiger partial charge on any atom is 0.328 e. The summed E-state index contributed by atoms with van der Waals surface area (Å²) in [6.45, 7) is 5.04. The molecule has 0 aromatic carbocycles. The lowest BCUT2D eigenvalue weighted by Crippen LogP contribution is -2.58. The van der Waals surface area contributed by atoms with E-state index in [0.717, 1.165) is 0 Å². The molecule has 0 aliphatic carbocycles. The number of hydrogen-bond acceptors (Lipinski definition) is 6. The molecule has 0 aromatic rings. The van der Waals surface area contributed by atoms with Crippen LogP contribution in [0, 0.1) is 5.92 Å². The minimum absolute atomic E-state index is 0.165. The van der Waals surface area contributed by atoms with Crippen LogP contribution in [-0.4, -0.2) is 76.1 Å². The van der Waals surface area contributed by atoms with E-state index < -0.39 is 47.9 Å². The van der Waals surface area contributed by atoms with E-state index in [1.54, 1.807) is 0 Å². The molecule has 0 saturated carbocycles. The second kappa shape index (κ2) is 10.2. The Labute approximate surface area is 158 Å². The van der Waals surface area contributed by atoms with E-state index in [0.29, 0.717) is 25.8 Å². The molecule has 1 heterocycles. The fourth-order valence-corrected chi connectivity index (χ4v) is 3.04. The van der Waals surface area contributed by atoms with Crippen LogP contribution in [0.1, 0.15) is 40.0 Å². The predicted octanol–water partition coefficient (Wildman–Crippen LogP) is -1.58. The van der Waals surface area contributed by atoms with Gasteiger partial charge in [-0.05, 0) is 25.7 Å². The van der Waals surface area contributed by atoms with Crippen molar-refractivity contribution >= 4 is 23.7 Å². The van der Waals surface area contributed by atoms with Gasteiger partial charge in [-0.25, -0.2) is 4.79 Å². The van der Waals surface area contributed by atoms with E-state index in [9.17, 15) is 24.3 Å². The first-order chi connectivity index (χ1) is 12.6. The number of nitrogens with two attached hydrogens (primary N) is 1. The van der Waals surface area contributed by atoms with Gasteiger partial charge in [0, 0.05) is 6.54 Å². The first kappa shape index (κ1) is 22.8. The Morgan fingerprint density at radius 1 is 1.19 bits per heavy atom. The van der Waals surface area contributed by atoms with Gasteiger partial charge >= 0.3 is 5.97 Å². The van der Waals surface area contributed by atoms with E-state index in [1.165, 1.54) is 11.8 Å². The van der Waals surface area contributed by atoms with Crippen LogP contribution in [0.25, 0.3) is 0 Å². The molecule has 5 atom stereocenters. The number of nitrogens with zero attached hydrogens (tertiary/aromatic N) is 1. The summed E-state index contributed by atoms with van der Waals surface area (Å²) in [4.78, 5) is 49.8. The normalized spacial score (nSPS) is 21.1. The molecule has 0 bridgehead atoms. The topological polar surface area (TPSA) is 162 Å². The lowest BCUT2D eigenvalue weighted by Gasteiger charge is -2.32. The molecular weight excluding hydrogens is 356 g/mol. The number of amides is 3. The van der Waals surface area contributed by atoms with Gasteiger partial charge in [-0.3, -0.25) is 14.4 Å². The molecule has 1 rings (SSSR count). The number of likely N-dealkylation sites (tertiary alicyclic amines) is 1. The largest absolute Gasteiger partial charge is 0.480 e. The van der Waals surface area contributed by atoms with Crippen LogP contribution in [0.5, 0.6) is 0 Å². The molecule has 1 aliphatic heterocycles. The Kier molecular flexibility index (Phi) is 8.64. The molecule has 0 spiro atoms. The van der Waals surface area contributed by atoms with Crippen molar-refractivity contribution in [3.8, 4) is 0 Å². The number of carboxylic acid groups (broad SMARTS) is 1. The fourth-order valence-electron chi connectivity index (χ4n) is 3.04. The Morgan fingerprint density at radius 3 is 2.30 bits per heavy atom. The Bertz CT molecular complexity index is 568. The summed E-state index contributed by atoms with van der Waals surface area (Å²) in [5.41, 5.74) is 5.32. The standard InChI is InChI=1S/C17H30N4O6/c1-4-9(2)13(19-12(23)8-18)16(25)21-7-5-6-11(21)15(24)20-14(10(3)22)17(26)27/h9-11,13-14,22H,4-8,18H2,1-3H3,(H,19,23)(H,20,24)(H,26,27). The van der Waals surface area contributed by atoms with Gasteiger partial charge in [0.05, 0.1) is 12.6 Å². The minimum atomic E-state index is -1.46. The van der Waals surface area contributed by atoms with E-state index in [4.69, 9.17) is 10.8 Å². The van der Waals surface area contributed by atoms with Gasteiger partial charge in [0.15, 0.2) is 6.04 Å². The van der Waals surface area contributed by atoms with Gasteiger partial charge in [-0.2, -0.15) is 0 Å². The number of aliphatic hydroxyl groups excluding tert-OH is 1. The third-order valence-electron chi connectivity index (χ3n) is 4.87. The van der Waals surface area contributed by atoms with E-state index in [-0.39, 0.29) is 12.5 Å². The van der Waals surface area contributed by atoms with Crippen molar-refractivity contribution in [2.45, 2.75) is 64.3 Å². The molecule has 6 N–H and O–H groups in total. The second-order valence-corrected chi connectivity index (χ2v) is 6.89. The molecular formula is C17H30N4O6. The summed E-state index contributed by atoms with van der Waals surface area (Å²) in [6, 6.07) is -3.12. The highest BCUT2D eigenvalue weighted by molar-refractivity contribution is 5.94. The maximum absolute atomic E-state index is 13.0. The number of carboxylic acids is 1. The first-order valence-corrected chi connectivity index (χ1v) is 9.15. The number of hydrogen-bond donors (Lipinski definition) is 5. The molecule has 0 radical (unpaired) electrons. The zero-order valence-electron chi connectivity index (χ0n) is 16.0. The summed E-state index contributed by atoms with van der Waals surface area (Å²) in [5, 5.41) is 23.5. The number of nitrogens with one attached hydrogen (secondary N) is 2. The predicted molar refractivity (Wildman–Crippen MR) is 96.4 cm³/mol. The lowest BCUT2D eigenvalue weighted by atomic mass is 9.97. The third-order valence-corrected chi connectivity index (χ3v) is 4.87. The number of carbonyl (C=O) groups excluding carboxylic acids is 3. The monoisotopic (exact) mass is 386 g/mol. The molecule has 154 valence electrons. The molecule has 10 nitrogen and oxygen atoms in total. The van der Waals surface area contributed by atoms with Gasteiger partial charge in [-0.15, -0.1) is 0 Å². The van der Waals surface area contributed by atoms with Crippen LogP contribution in [0.15, 0.2) is 0 Å². The SMILES string of the molecule is CCC(C)C(NC(=O)CN)C(=O)N1CCCC1C(=O)NC(C(=O)O)C(C)O. The van der Waals surface area contributed by atoms with Crippen LogP contribution in [0.4, 0.5) is 0 Å². The van der Waals surface area contributed by atoms with Crippen molar-refractivity contribution in [3.05, 3.63) is 0 Å². The minimum Gasteiger partial charge on any atom is -0.480 e. The highest BCUT2D eigenvalue weighted by Gasteiger charge is 2.40. The summed E-state index contributed by atoms with van der Waals surface area (Å²) in [6.07, 6.45) is 0.305. The molecule has 1 fully saturated rings. The number of aliphatic carboxylic acids is 1. The average Bonchev–Trinajstić information content (AvgIpc) is 3.11. The van der Waals surface area contributed by atoms with Crippen molar-refractivity contribution in [1.29, 1.82) is 0 Å². The highest BCUT2D eigenvalue weighted by Crippen LogP contribution is 2.21. The Morgan fingerprint density at radius 2 is 1.81 bits per heavy atom. The van der Waals surface area contributed by atoms with Gasteiger partial charge < -0.3 is 31.5 Å². The molecule has 1 aliphatic rings. The van der Waals surface area contributed by atoms with Crippen molar-refractivity contribution in [1.82, 2.24) is 15.5 Å². The molecule has 27 heavy (non-hydrogen) atoms. The molecule has 5 unspecified atom stereocenters. The average molecular weight is 386 g/mol. The van der Waals surface area contributed by atoms with Gasteiger partial charge in [0.2, 0.25) is 17.7 Å². The quantitative estimate of drug-likeness (QED) is 0.319. The van der Waals surface area contributed by atoms with E-state index in [2.05, 4.69) is 10.6 Å². The summed E-state index contributed by atoms with van der Waals surface area (Å²) < 4.78 is 0. The van der Waals surface area contributed by atoms with Crippen LogP contribution < -0.4 is 16.4 Å². The summed E-state index contributed by atoms with van der Waals surface area (Å²) in [5.74, 6) is -3.02. The Balaban J connectivity index is 2.95. The van der Waals surface area contributed by atoms with Gasteiger partial charge in [-0.1, -0.05) is 20.3 Å². The van der Waals surface area contributed by atoms with Crippen LogP contribution in [0.2, 0.25) is 0 Å². The van der Waals surface area contributed by atoms with E-state index >= 15 is 0 Å². The summed E-state index contributed by atoms with van der Waals surface area (Å²) >= 11 is 0. The van der Waals surface area contributed by atoms with Crippen LogP contribution >= 0.6 is 0 Å². The zero-order valence-corrected chi connectivity index (χ0v) is 16.0. The van der Waals surface area contributed by atoms with Crippen molar-refractivity contribution in [3.63, 3.8) is 0 Å². The Hall–Kier alpha value is -2.20. The summed E-state index contributed by atoms with van der Waals surface area (Å²) in [7, 11) is 0. The first-order valence-electron chi connectivity index (χ1n) is 9.15. The number of carbonyl (C=O) groups is 4. The van der Waals surface area contributed by atoms with E-state index in [1.807, 2.05) is 13.8 Å². The molecule has 10 heteroatoms. The lowest BCUT2D eigenvalue weighted by molar-refractivity contribution is -0.147. The fraction of sp³-hybridized carbons (Fsp3) is 0.765.